The zero-order valence-electron chi connectivity index (χ0n) is 16.3. The summed E-state index contributed by atoms with van der Waals surface area (Å²) in [6, 6.07) is 6.13. The van der Waals surface area contributed by atoms with E-state index in [9.17, 15) is 4.39 Å². The highest BCUT2D eigenvalue weighted by Gasteiger charge is 2.31. The van der Waals surface area contributed by atoms with Crippen LogP contribution < -0.4 is 0 Å². The van der Waals surface area contributed by atoms with Crippen molar-refractivity contribution in [2.75, 3.05) is 13.1 Å². The van der Waals surface area contributed by atoms with Crippen LogP contribution in [0.2, 0.25) is 0 Å². The predicted octanol–water partition coefficient (Wildman–Crippen LogP) is 4.32. The van der Waals surface area contributed by atoms with Crippen LogP contribution in [0.15, 0.2) is 33.3 Å². The lowest BCUT2D eigenvalue weighted by Crippen LogP contribution is -2.36. The maximum absolute atomic E-state index is 13.1. The molecule has 28 heavy (non-hydrogen) atoms. The standard InChI is InChI=1S/C20H24FN5O2/c1-12(2)17-22-19(27-24-17)13(3)26-10-4-5-15(11-26)20-23-18(25-28-20)14-6-8-16(21)9-7-14/h6-9,12-13,15H,4-5,10-11H2,1-3H3. The quantitative estimate of drug-likeness (QED) is 0.647. The summed E-state index contributed by atoms with van der Waals surface area (Å²) in [6.07, 6.45) is 2.00. The van der Waals surface area contributed by atoms with Gasteiger partial charge in [0.05, 0.1) is 12.0 Å². The molecule has 1 aromatic carbocycles. The molecule has 2 unspecified atom stereocenters. The van der Waals surface area contributed by atoms with Crippen molar-refractivity contribution >= 4 is 0 Å². The van der Waals surface area contributed by atoms with E-state index in [1.165, 1.54) is 12.1 Å². The Morgan fingerprint density at radius 2 is 1.86 bits per heavy atom. The third kappa shape index (κ3) is 3.82. The summed E-state index contributed by atoms with van der Waals surface area (Å²) >= 11 is 0. The SMILES string of the molecule is CC(C)c1noc(C(C)N2CCCC(c3nc(-c4ccc(F)cc4)no3)C2)n1. The first-order chi connectivity index (χ1) is 13.5. The van der Waals surface area contributed by atoms with E-state index in [0.717, 1.165) is 37.3 Å². The first-order valence-electron chi connectivity index (χ1n) is 9.68. The van der Waals surface area contributed by atoms with Crippen LogP contribution in [-0.4, -0.2) is 38.3 Å². The Balaban J connectivity index is 1.47. The molecule has 1 fully saturated rings. The number of benzene rings is 1. The van der Waals surface area contributed by atoms with E-state index >= 15 is 0 Å². The molecule has 1 saturated heterocycles. The third-order valence-electron chi connectivity index (χ3n) is 5.23. The first-order valence-corrected chi connectivity index (χ1v) is 9.68. The van der Waals surface area contributed by atoms with Crippen molar-refractivity contribution in [2.24, 2.45) is 0 Å². The third-order valence-corrected chi connectivity index (χ3v) is 5.23. The van der Waals surface area contributed by atoms with Crippen molar-refractivity contribution in [3.8, 4) is 11.4 Å². The normalized spacial score (nSPS) is 19.2. The second-order valence-corrected chi connectivity index (χ2v) is 7.62. The van der Waals surface area contributed by atoms with Gasteiger partial charge in [-0.3, -0.25) is 4.90 Å². The van der Waals surface area contributed by atoms with Gasteiger partial charge >= 0.3 is 0 Å². The lowest BCUT2D eigenvalue weighted by atomic mass is 9.96. The molecular weight excluding hydrogens is 361 g/mol. The fourth-order valence-electron chi connectivity index (χ4n) is 3.48. The Hall–Kier alpha value is -2.61. The predicted molar refractivity (Wildman–Crippen MR) is 100 cm³/mol. The molecule has 148 valence electrons. The van der Waals surface area contributed by atoms with E-state index in [1.807, 2.05) is 13.8 Å². The Morgan fingerprint density at radius 3 is 2.57 bits per heavy atom. The summed E-state index contributed by atoms with van der Waals surface area (Å²) in [5.74, 6) is 2.57. The molecule has 7 nitrogen and oxygen atoms in total. The van der Waals surface area contributed by atoms with Crippen molar-refractivity contribution in [1.29, 1.82) is 0 Å². The minimum absolute atomic E-state index is 0.0299. The molecule has 2 aromatic heterocycles. The van der Waals surface area contributed by atoms with E-state index in [0.29, 0.717) is 17.6 Å². The van der Waals surface area contributed by atoms with Crippen molar-refractivity contribution < 1.29 is 13.4 Å². The summed E-state index contributed by atoms with van der Waals surface area (Å²) in [5, 5.41) is 8.15. The summed E-state index contributed by atoms with van der Waals surface area (Å²) in [6.45, 7) is 7.91. The highest BCUT2D eigenvalue weighted by molar-refractivity contribution is 5.53. The molecular formula is C20H24FN5O2. The number of aromatic nitrogens is 4. The van der Waals surface area contributed by atoms with Crippen LogP contribution in [0.5, 0.6) is 0 Å². The summed E-state index contributed by atoms with van der Waals surface area (Å²) in [4.78, 5) is 11.4. The zero-order valence-corrected chi connectivity index (χ0v) is 16.3. The Labute approximate surface area is 162 Å². The number of piperidine rings is 1. The molecule has 1 aliphatic heterocycles. The minimum Gasteiger partial charge on any atom is -0.339 e. The van der Waals surface area contributed by atoms with Crippen LogP contribution in [0.25, 0.3) is 11.4 Å². The molecule has 0 N–H and O–H groups in total. The molecule has 0 bridgehead atoms. The summed E-state index contributed by atoms with van der Waals surface area (Å²) in [7, 11) is 0. The zero-order chi connectivity index (χ0) is 19.7. The van der Waals surface area contributed by atoms with E-state index in [-0.39, 0.29) is 23.7 Å². The van der Waals surface area contributed by atoms with Gasteiger partial charge in [0.1, 0.15) is 5.82 Å². The number of hydrogen-bond acceptors (Lipinski definition) is 7. The van der Waals surface area contributed by atoms with Gasteiger partial charge in [0.15, 0.2) is 5.82 Å². The van der Waals surface area contributed by atoms with Gasteiger partial charge in [0.2, 0.25) is 17.6 Å². The minimum atomic E-state index is -0.286. The van der Waals surface area contributed by atoms with Gasteiger partial charge in [-0.15, -0.1) is 0 Å². The lowest BCUT2D eigenvalue weighted by molar-refractivity contribution is 0.123. The van der Waals surface area contributed by atoms with E-state index in [2.05, 4.69) is 32.1 Å². The number of likely N-dealkylation sites (tertiary alicyclic amines) is 1. The topological polar surface area (TPSA) is 81.1 Å². The van der Waals surface area contributed by atoms with Gasteiger partial charge in [0.25, 0.3) is 0 Å². The highest BCUT2D eigenvalue weighted by Crippen LogP contribution is 2.32. The largest absolute Gasteiger partial charge is 0.339 e. The number of rotatable bonds is 5. The fourth-order valence-corrected chi connectivity index (χ4v) is 3.48. The van der Waals surface area contributed by atoms with Crippen molar-refractivity contribution in [3.63, 3.8) is 0 Å². The second kappa shape index (κ2) is 7.79. The van der Waals surface area contributed by atoms with Crippen LogP contribution in [0.3, 0.4) is 0 Å². The molecule has 0 spiro atoms. The van der Waals surface area contributed by atoms with Gasteiger partial charge in [-0.2, -0.15) is 9.97 Å². The van der Waals surface area contributed by atoms with Crippen molar-refractivity contribution in [2.45, 2.75) is 51.5 Å². The molecule has 0 radical (unpaired) electrons. The molecule has 3 heterocycles. The smallest absolute Gasteiger partial charge is 0.243 e. The average molecular weight is 385 g/mol. The Bertz CT molecular complexity index is 921. The molecule has 3 aromatic rings. The summed E-state index contributed by atoms with van der Waals surface area (Å²) in [5.41, 5.74) is 0.740. The van der Waals surface area contributed by atoms with Crippen LogP contribution in [-0.2, 0) is 0 Å². The van der Waals surface area contributed by atoms with Crippen LogP contribution in [0, 0.1) is 5.82 Å². The number of nitrogens with zero attached hydrogens (tertiary/aromatic N) is 5. The van der Waals surface area contributed by atoms with E-state index in [1.54, 1.807) is 12.1 Å². The molecule has 8 heteroatoms. The monoisotopic (exact) mass is 385 g/mol. The average Bonchev–Trinajstić information content (AvgIpc) is 3.38. The van der Waals surface area contributed by atoms with E-state index < -0.39 is 0 Å². The maximum Gasteiger partial charge on any atom is 0.243 e. The number of halogens is 1. The van der Waals surface area contributed by atoms with Crippen molar-refractivity contribution in [1.82, 2.24) is 25.2 Å². The van der Waals surface area contributed by atoms with Crippen LogP contribution in [0.4, 0.5) is 4.39 Å². The molecule has 2 atom stereocenters. The summed E-state index contributed by atoms with van der Waals surface area (Å²) < 4.78 is 24.1. The lowest BCUT2D eigenvalue weighted by Gasteiger charge is -2.33. The molecule has 4 rings (SSSR count). The highest BCUT2D eigenvalue weighted by atomic mass is 19.1. The first kappa shape index (κ1) is 18.7. The number of hydrogen-bond donors (Lipinski definition) is 0. The van der Waals surface area contributed by atoms with Gasteiger partial charge in [0, 0.05) is 18.0 Å². The van der Waals surface area contributed by atoms with Crippen LogP contribution >= 0.6 is 0 Å². The van der Waals surface area contributed by atoms with Gasteiger partial charge in [-0.05, 0) is 50.6 Å². The molecule has 1 aliphatic rings. The Kier molecular flexibility index (Phi) is 5.21. The fraction of sp³-hybridized carbons (Fsp3) is 0.500. The van der Waals surface area contributed by atoms with Gasteiger partial charge in [-0.1, -0.05) is 24.2 Å². The van der Waals surface area contributed by atoms with E-state index in [4.69, 9.17) is 9.05 Å². The second-order valence-electron chi connectivity index (χ2n) is 7.62. The molecule has 0 aliphatic carbocycles. The molecule has 0 saturated carbocycles. The molecule has 0 amide bonds. The van der Waals surface area contributed by atoms with Gasteiger partial charge < -0.3 is 9.05 Å². The maximum atomic E-state index is 13.1. The van der Waals surface area contributed by atoms with Crippen molar-refractivity contribution in [3.05, 3.63) is 47.7 Å². The Morgan fingerprint density at radius 1 is 1.07 bits per heavy atom. The van der Waals surface area contributed by atoms with Crippen LogP contribution in [0.1, 0.15) is 69.1 Å². The van der Waals surface area contributed by atoms with Gasteiger partial charge in [-0.25, -0.2) is 4.39 Å².